The van der Waals surface area contributed by atoms with Gasteiger partial charge in [-0.05, 0) is 25.0 Å². The largest absolute Gasteiger partial charge is 0.395 e. The second kappa shape index (κ2) is 10.6. The van der Waals surface area contributed by atoms with Crippen LogP contribution in [-0.2, 0) is 14.8 Å². The number of hydrogen-bond donors (Lipinski definition) is 4. The molecule has 0 unspecified atom stereocenters. The number of hydrogen-bond acceptors (Lipinski definition) is 6. The molecule has 13 heteroatoms. The summed E-state index contributed by atoms with van der Waals surface area (Å²) in [6.07, 6.45) is 5.33. The van der Waals surface area contributed by atoms with E-state index >= 15 is 0 Å². The van der Waals surface area contributed by atoms with Crippen LogP contribution in [-0.4, -0.2) is 61.0 Å². The molecule has 1 aromatic carbocycles. The van der Waals surface area contributed by atoms with Gasteiger partial charge < -0.3 is 21.1 Å². The van der Waals surface area contributed by atoms with Gasteiger partial charge in [0.25, 0.3) is 0 Å². The van der Waals surface area contributed by atoms with Crippen molar-refractivity contribution in [2.75, 3.05) is 25.5 Å². The van der Waals surface area contributed by atoms with Crippen LogP contribution in [0.25, 0.3) is 10.8 Å². The SMILES string of the molecule is CN(CCO)C(=O)C1(NS(=O)(=O)c2ccc3c(NC(N)=NCl)cncc3c2)CCCC1.Cl. The van der Waals surface area contributed by atoms with Gasteiger partial charge >= 0.3 is 0 Å². The van der Waals surface area contributed by atoms with Gasteiger partial charge in [0.1, 0.15) is 5.54 Å². The third kappa shape index (κ3) is 5.41. The number of likely N-dealkylation sites (N-methyl/N-ethyl adjacent to an activating group) is 1. The minimum Gasteiger partial charge on any atom is -0.395 e. The number of carbonyl (C=O) groups excluding carboxylic acids is 1. The van der Waals surface area contributed by atoms with E-state index in [0.29, 0.717) is 29.3 Å². The van der Waals surface area contributed by atoms with Crippen molar-refractivity contribution in [1.82, 2.24) is 14.6 Å². The number of carbonyl (C=O) groups is 1. The molecular weight excluding hydrogens is 479 g/mol. The van der Waals surface area contributed by atoms with E-state index in [1.54, 1.807) is 13.1 Å². The van der Waals surface area contributed by atoms with Gasteiger partial charge in [-0.3, -0.25) is 9.78 Å². The summed E-state index contributed by atoms with van der Waals surface area (Å²) in [6, 6.07) is 4.55. The highest BCUT2D eigenvalue weighted by molar-refractivity contribution is 7.89. The Morgan fingerprint density at radius 2 is 2.03 bits per heavy atom. The molecule has 176 valence electrons. The van der Waals surface area contributed by atoms with E-state index in [-0.39, 0.29) is 42.3 Å². The van der Waals surface area contributed by atoms with Gasteiger partial charge in [-0.15, -0.1) is 16.9 Å². The molecule has 0 spiro atoms. The number of guanidine groups is 1. The topological polar surface area (TPSA) is 150 Å². The molecule has 5 N–H and O–H groups in total. The van der Waals surface area contributed by atoms with Crippen molar-refractivity contribution in [2.45, 2.75) is 36.1 Å². The fourth-order valence-corrected chi connectivity index (χ4v) is 5.35. The highest BCUT2D eigenvalue weighted by atomic mass is 35.5. The Bertz CT molecular complexity index is 1110. The summed E-state index contributed by atoms with van der Waals surface area (Å²) in [5.74, 6) is -0.365. The first-order valence-corrected chi connectivity index (χ1v) is 11.5. The van der Waals surface area contributed by atoms with Crippen LogP contribution in [0.4, 0.5) is 5.69 Å². The molecule has 1 aliphatic rings. The maximum absolute atomic E-state index is 13.2. The first kappa shape index (κ1) is 26.1. The maximum Gasteiger partial charge on any atom is 0.243 e. The molecule has 0 bridgehead atoms. The standard InChI is InChI=1S/C19H25ClN6O4S.ClH/c1-26(8-9-27)17(28)19(6-2-3-7-19)25-31(29,30)14-4-5-15-13(10-14)11-22-12-16(15)23-18(21)24-20;/h4-5,10-12,25,27H,2-3,6-9H2,1H3,(H3,21,23,24);1H. The van der Waals surface area contributed by atoms with E-state index in [2.05, 4.69) is 19.5 Å². The molecule has 1 heterocycles. The summed E-state index contributed by atoms with van der Waals surface area (Å²) >= 11 is 5.35. The van der Waals surface area contributed by atoms with Crippen LogP contribution < -0.4 is 15.8 Å². The molecule has 32 heavy (non-hydrogen) atoms. The van der Waals surface area contributed by atoms with E-state index in [9.17, 15) is 13.2 Å². The van der Waals surface area contributed by atoms with Crippen LogP contribution >= 0.6 is 24.2 Å². The Kier molecular flexibility index (Phi) is 8.66. The molecule has 0 radical (unpaired) electrons. The number of benzene rings is 1. The van der Waals surface area contributed by atoms with Crippen molar-refractivity contribution in [2.24, 2.45) is 10.2 Å². The number of nitrogens with one attached hydrogen (secondary N) is 2. The fourth-order valence-electron chi connectivity index (χ4n) is 3.85. The number of nitrogens with zero attached hydrogens (tertiary/aromatic N) is 3. The molecule has 2 aromatic rings. The van der Waals surface area contributed by atoms with Crippen LogP contribution in [0.1, 0.15) is 25.7 Å². The quantitative estimate of drug-likeness (QED) is 0.330. The van der Waals surface area contributed by atoms with E-state index in [1.807, 2.05) is 0 Å². The average Bonchev–Trinajstić information content (AvgIpc) is 3.22. The summed E-state index contributed by atoms with van der Waals surface area (Å²) in [6.45, 7) is -0.0630. The van der Waals surface area contributed by atoms with Crippen LogP contribution in [0.15, 0.2) is 40.0 Å². The first-order valence-electron chi connectivity index (χ1n) is 9.72. The number of anilines is 1. The van der Waals surface area contributed by atoms with Gasteiger partial charge in [0.05, 0.1) is 23.4 Å². The van der Waals surface area contributed by atoms with E-state index in [1.165, 1.54) is 29.4 Å². The van der Waals surface area contributed by atoms with Crippen molar-refractivity contribution in [3.8, 4) is 0 Å². The lowest BCUT2D eigenvalue weighted by atomic mass is 9.97. The summed E-state index contributed by atoms with van der Waals surface area (Å²) in [4.78, 5) is 18.5. The predicted molar refractivity (Wildman–Crippen MR) is 126 cm³/mol. The fraction of sp³-hybridized carbons (Fsp3) is 0.421. The molecular formula is C19H26Cl2N6O4S. The van der Waals surface area contributed by atoms with Crippen molar-refractivity contribution in [3.05, 3.63) is 30.6 Å². The van der Waals surface area contributed by atoms with Gasteiger partial charge in [-0.2, -0.15) is 4.72 Å². The monoisotopic (exact) mass is 504 g/mol. The highest BCUT2D eigenvalue weighted by Gasteiger charge is 2.45. The molecule has 0 saturated heterocycles. The number of aromatic nitrogens is 1. The number of pyridine rings is 1. The number of nitrogens with two attached hydrogens (primary N) is 1. The Morgan fingerprint density at radius 1 is 1.34 bits per heavy atom. The minimum absolute atomic E-state index is 0. The number of sulfonamides is 1. The van der Waals surface area contributed by atoms with Gasteiger partial charge in [-0.1, -0.05) is 18.9 Å². The number of halogens is 2. The molecule has 1 amide bonds. The summed E-state index contributed by atoms with van der Waals surface area (Å²) in [5.41, 5.74) is 4.90. The number of amides is 1. The zero-order valence-corrected chi connectivity index (χ0v) is 19.8. The van der Waals surface area contributed by atoms with Crippen molar-refractivity contribution >= 4 is 62.5 Å². The third-order valence-corrected chi connectivity index (χ3v) is 7.09. The Labute approximate surface area is 197 Å². The number of fused-ring (bicyclic) bond motifs is 1. The van der Waals surface area contributed by atoms with E-state index < -0.39 is 15.6 Å². The molecule has 0 atom stereocenters. The van der Waals surface area contributed by atoms with Crippen molar-refractivity contribution in [1.29, 1.82) is 0 Å². The number of aliphatic hydroxyl groups is 1. The summed E-state index contributed by atoms with van der Waals surface area (Å²) in [5, 5.41) is 13.2. The average molecular weight is 505 g/mol. The minimum atomic E-state index is -4.01. The number of aliphatic hydroxyl groups excluding tert-OH is 1. The lowest BCUT2D eigenvalue weighted by Crippen LogP contribution is -2.57. The summed E-state index contributed by atoms with van der Waals surface area (Å²) in [7, 11) is -2.45. The van der Waals surface area contributed by atoms with Crippen LogP contribution in [0.3, 0.4) is 0 Å². The zero-order valence-electron chi connectivity index (χ0n) is 17.4. The second-order valence-electron chi connectivity index (χ2n) is 7.51. The van der Waals surface area contributed by atoms with Gasteiger partial charge in [0, 0.05) is 42.3 Å². The molecule has 1 aromatic heterocycles. The molecule has 1 aliphatic carbocycles. The molecule has 3 rings (SSSR count). The molecule has 1 fully saturated rings. The lowest BCUT2D eigenvalue weighted by Gasteiger charge is -2.32. The number of rotatable bonds is 7. The molecule has 1 saturated carbocycles. The van der Waals surface area contributed by atoms with E-state index in [4.69, 9.17) is 22.6 Å². The Hall–Kier alpha value is -2.18. The smallest absolute Gasteiger partial charge is 0.243 e. The first-order chi connectivity index (χ1) is 14.7. The van der Waals surface area contributed by atoms with Gasteiger partial charge in [-0.25, -0.2) is 8.42 Å². The second-order valence-corrected chi connectivity index (χ2v) is 9.36. The normalized spacial score (nSPS) is 15.9. The predicted octanol–water partition coefficient (Wildman–Crippen LogP) is 1.58. The van der Waals surface area contributed by atoms with Crippen molar-refractivity contribution in [3.63, 3.8) is 0 Å². The van der Waals surface area contributed by atoms with E-state index in [0.717, 1.165) is 12.8 Å². The van der Waals surface area contributed by atoms with Crippen LogP contribution in [0, 0.1) is 0 Å². The Morgan fingerprint density at radius 3 is 2.66 bits per heavy atom. The third-order valence-electron chi connectivity index (χ3n) is 5.37. The lowest BCUT2D eigenvalue weighted by molar-refractivity contribution is -0.136. The zero-order chi connectivity index (χ0) is 22.6. The summed E-state index contributed by atoms with van der Waals surface area (Å²) < 4.78 is 32.4. The van der Waals surface area contributed by atoms with Crippen LogP contribution in [0.2, 0.25) is 0 Å². The molecule has 0 aliphatic heterocycles. The Balaban J connectivity index is 0.00000363. The van der Waals surface area contributed by atoms with Gasteiger partial charge in [0.2, 0.25) is 21.9 Å². The van der Waals surface area contributed by atoms with Gasteiger partial charge in [0.15, 0.2) is 0 Å². The maximum atomic E-state index is 13.2. The van der Waals surface area contributed by atoms with Crippen molar-refractivity contribution < 1.29 is 18.3 Å². The highest BCUT2D eigenvalue weighted by Crippen LogP contribution is 2.33. The molecule has 10 nitrogen and oxygen atoms in total. The van der Waals surface area contributed by atoms with Crippen LogP contribution in [0.5, 0.6) is 0 Å².